The Morgan fingerprint density at radius 3 is 2.60 bits per heavy atom. The lowest BCUT2D eigenvalue weighted by Gasteiger charge is -1.97. The van der Waals surface area contributed by atoms with Crippen LogP contribution in [0.5, 0.6) is 0 Å². The molecule has 0 heterocycles. The molecule has 58 valence electrons. The lowest BCUT2D eigenvalue weighted by Crippen LogP contribution is -1.99. The van der Waals surface area contributed by atoms with E-state index in [1.165, 1.54) is 7.11 Å². The van der Waals surface area contributed by atoms with Crippen LogP contribution in [-0.4, -0.2) is 13.1 Å². The van der Waals surface area contributed by atoms with Gasteiger partial charge in [-0.2, -0.15) is 0 Å². The molecule has 0 rings (SSSR count). The van der Waals surface area contributed by atoms with Gasteiger partial charge in [-0.1, -0.05) is 18.6 Å². The molecule has 10 heavy (non-hydrogen) atoms. The van der Waals surface area contributed by atoms with E-state index < -0.39 is 0 Å². The van der Waals surface area contributed by atoms with Crippen molar-refractivity contribution in [3.63, 3.8) is 0 Å². The van der Waals surface area contributed by atoms with Crippen LogP contribution in [-0.2, 0) is 9.53 Å². The van der Waals surface area contributed by atoms with Gasteiger partial charge in [0.1, 0.15) is 0 Å². The summed E-state index contributed by atoms with van der Waals surface area (Å²) in [6.45, 7) is 3.97. The van der Waals surface area contributed by atoms with Crippen molar-refractivity contribution in [1.82, 2.24) is 0 Å². The van der Waals surface area contributed by atoms with E-state index in [1.54, 1.807) is 0 Å². The van der Waals surface area contributed by atoms with Crippen LogP contribution in [0.3, 0.4) is 0 Å². The van der Waals surface area contributed by atoms with Gasteiger partial charge in [0.2, 0.25) is 0 Å². The van der Waals surface area contributed by atoms with Gasteiger partial charge >= 0.3 is 5.97 Å². The van der Waals surface area contributed by atoms with E-state index in [0.29, 0.717) is 6.42 Å². The van der Waals surface area contributed by atoms with Gasteiger partial charge in [-0.15, -0.1) is 0 Å². The molecule has 0 aliphatic rings. The van der Waals surface area contributed by atoms with Gasteiger partial charge in [0.25, 0.3) is 0 Å². The summed E-state index contributed by atoms with van der Waals surface area (Å²) in [5.74, 6) is -0.165. The van der Waals surface area contributed by atoms with E-state index in [0.717, 1.165) is 12.0 Å². The summed E-state index contributed by atoms with van der Waals surface area (Å²) in [6, 6.07) is 0. The molecule has 2 nitrogen and oxygen atoms in total. The van der Waals surface area contributed by atoms with Crippen molar-refractivity contribution < 1.29 is 9.53 Å². The molecule has 0 saturated heterocycles. The number of ether oxygens (including phenoxy) is 1. The van der Waals surface area contributed by atoms with Crippen LogP contribution in [0.25, 0.3) is 0 Å². The minimum atomic E-state index is -0.165. The van der Waals surface area contributed by atoms with E-state index in [9.17, 15) is 4.79 Å². The fraction of sp³-hybridized carbons (Fsp3) is 0.625. The molecule has 0 amide bonds. The molecular formula is C8H14O2. The number of allylic oxidation sites excluding steroid dienone is 1. The Bertz CT molecular complexity index is 136. The maximum Gasteiger partial charge on any atom is 0.309 e. The molecule has 0 saturated carbocycles. The Balaban J connectivity index is 3.67. The Hall–Kier alpha value is -0.790. The number of hydrogen-bond donors (Lipinski definition) is 0. The fourth-order valence-corrected chi connectivity index (χ4v) is 0.720. The molecule has 0 spiro atoms. The van der Waals surface area contributed by atoms with Gasteiger partial charge in [-0.25, -0.2) is 0 Å². The van der Waals surface area contributed by atoms with E-state index in [1.807, 2.05) is 19.9 Å². The van der Waals surface area contributed by atoms with E-state index >= 15 is 0 Å². The van der Waals surface area contributed by atoms with Gasteiger partial charge in [0, 0.05) is 0 Å². The van der Waals surface area contributed by atoms with Gasteiger partial charge < -0.3 is 4.74 Å². The minimum absolute atomic E-state index is 0.165. The maximum atomic E-state index is 10.6. The van der Waals surface area contributed by atoms with Crippen molar-refractivity contribution in [2.45, 2.75) is 26.7 Å². The zero-order valence-electron chi connectivity index (χ0n) is 6.81. The van der Waals surface area contributed by atoms with Gasteiger partial charge in [0.15, 0.2) is 0 Å². The molecule has 0 N–H and O–H groups in total. The first kappa shape index (κ1) is 9.21. The Kier molecular flexibility index (Phi) is 4.63. The highest BCUT2D eigenvalue weighted by Crippen LogP contribution is 2.01. The van der Waals surface area contributed by atoms with Crippen LogP contribution in [0.4, 0.5) is 0 Å². The van der Waals surface area contributed by atoms with Gasteiger partial charge in [0.05, 0.1) is 13.5 Å². The third kappa shape index (κ3) is 4.13. The first-order valence-corrected chi connectivity index (χ1v) is 3.43. The number of carbonyl (C=O) groups excluding carboxylic acids is 1. The highest BCUT2D eigenvalue weighted by atomic mass is 16.5. The van der Waals surface area contributed by atoms with E-state index in [2.05, 4.69) is 4.74 Å². The zero-order chi connectivity index (χ0) is 7.98. The van der Waals surface area contributed by atoms with Crippen LogP contribution in [0, 0.1) is 0 Å². The maximum absolute atomic E-state index is 10.6. The summed E-state index contributed by atoms with van der Waals surface area (Å²) in [5, 5.41) is 0. The number of carbonyl (C=O) groups is 1. The molecule has 0 bridgehead atoms. The summed E-state index contributed by atoms with van der Waals surface area (Å²) < 4.78 is 4.49. The third-order valence-electron chi connectivity index (χ3n) is 1.20. The predicted octanol–water partition coefficient (Wildman–Crippen LogP) is 1.91. The quantitative estimate of drug-likeness (QED) is 0.444. The van der Waals surface area contributed by atoms with E-state index in [-0.39, 0.29) is 5.97 Å². The number of methoxy groups -OCH3 is 1. The van der Waals surface area contributed by atoms with Crippen molar-refractivity contribution in [2.24, 2.45) is 0 Å². The zero-order valence-corrected chi connectivity index (χ0v) is 6.81. The number of hydrogen-bond acceptors (Lipinski definition) is 2. The third-order valence-corrected chi connectivity index (χ3v) is 1.20. The van der Waals surface area contributed by atoms with Crippen molar-refractivity contribution in [3.05, 3.63) is 11.6 Å². The Morgan fingerprint density at radius 2 is 2.20 bits per heavy atom. The standard InChI is InChI=1S/C8H14O2/c1-4-5-7(2)6-8(9)10-3/h5H,4,6H2,1-3H3. The van der Waals surface area contributed by atoms with Crippen molar-refractivity contribution in [2.75, 3.05) is 7.11 Å². The lowest BCUT2D eigenvalue weighted by molar-refractivity contribution is -0.139. The second-order valence-electron chi connectivity index (χ2n) is 2.21. The highest BCUT2D eigenvalue weighted by molar-refractivity contribution is 5.71. The summed E-state index contributed by atoms with van der Waals surface area (Å²) >= 11 is 0. The minimum Gasteiger partial charge on any atom is -0.469 e. The Morgan fingerprint density at radius 1 is 1.60 bits per heavy atom. The summed E-state index contributed by atoms with van der Waals surface area (Å²) in [4.78, 5) is 10.6. The topological polar surface area (TPSA) is 26.3 Å². The molecule has 0 atom stereocenters. The molecule has 0 fully saturated rings. The molecule has 0 aromatic heterocycles. The van der Waals surface area contributed by atoms with Crippen LogP contribution in [0.1, 0.15) is 26.7 Å². The molecule has 0 aliphatic heterocycles. The van der Waals surface area contributed by atoms with Gasteiger partial charge in [-0.3, -0.25) is 4.79 Å². The van der Waals surface area contributed by atoms with Crippen LogP contribution >= 0.6 is 0 Å². The SMILES string of the molecule is CCC=C(C)CC(=O)OC. The highest BCUT2D eigenvalue weighted by Gasteiger charge is 1.98. The largest absolute Gasteiger partial charge is 0.469 e. The molecule has 0 aromatic rings. The fourth-order valence-electron chi connectivity index (χ4n) is 0.720. The van der Waals surface area contributed by atoms with Crippen molar-refractivity contribution in [3.8, 4) is 0 Å². The average Bonchev–Trinajstić information content (AvgIpc) is 1.88. The number of esters is 1. The molecule has 0 radical (unpaired) electrons. The first-order valence-electron chi connectivity index (χ1n) is 3.43. The first-order chi connectivity index (χ1) is 4.70. The Labute approximate surface area is 61.9 Å². The molecule has 2 heteroatoms. The second-order valence-corrected chi connectivity index (χ2v) is 2.21. The monoisotopic (exact) mass is 142 g/mol. The number of rotatable bonds is 3. The normalized spacial score (nSPS) is 11.3. The second kappa shape index (κ2) is 5.03. The summed E-state index contributed by atoms with van der Waals surface area (Å²) in [5.41, 5.74) is 1.08. The summed E-state index contributed by atoms with van der Waals surface area (Å²) in [7, 11) is 1.40. The van der Waals surface area contributed by atoms with Crippen LogP contribution in [0.2, 0.25) is 0 Å². The molecule has 0 aliphatic carbocycles. The predicted molar refractivity (Wildman–Crippen MR) is 40.7 cm³/mol. The van der Waals surface area contributed by atoms with Gasteiger partial charge in [-0.05, 0) is 13.3 Å². The lowest BCUT2D eigenvalue weighted by atomic mass is 10.2. The average molecular weight is 142 g/mol. The van der Waals surface area contributed by atoms with Crippen molar-refractivity contribution >= 4 is 5.97 Å². The molecular weight excluding hydrogens is 128 g/mol. The van der Waals surface area contributed by atoms with E-state index in [4.69, 9.17) is 0 Å². The smallest absolute Gasteiger partial charge is 0.309 e. The molecule has 0 aromatic carbocycles. The summed E-state index contributed by atoms with van der Waals surface area (Å²) in [6.07, 6.45) is 3.42. The van der Waals surface area contributed by atoms with Crippen molar-refractivity contribution in [1.29, 1.82) is 0 Å². The van der Waals surface area contributed by atoms with Crippen LogP contribution in [0.15, 0.2) is 11.6 Å². The molecule has 0 unspecified atom stereocenters. The van der Waals surface area contributed by atoms with Crippen LogP contribution < -0.4 is 0 Å².